The molecule has 0 aliphatic carbocycles. The molecule has 0 saturated heterocycles. The summed E-state index contributed by atoms with van der Waals surface area (Å²) in [6.07, 6.45) is 1.04. The van der Waals surface area contributed by atoms with Gasteiger partial charge in [-0.25, -0.2) is 14.2 Å². The quantitative estimate of drug-likeness (QED) is 0.412. The Kier molecular flexibility index (Phi) is 6.48. The second-order valence-corrected chi connectivity index (χ2v) is 7.78. The van der Waals surface area contributed by atoms with Gasteiger partial charge in [0.1, 0.15) is 0 Å². The van der Waals surface area contributed by atoms with Gasteiger partial charge in [0.2, 0.25) is 11.7 Å². The lowest BCUT2D eigenvalue weighted by atomic mass is 9.98. The summed E-state index contributed by atoms with van der Waals surface area (Å²) in [5.41, 5.74) is 2.96. The van der Waals surface area contributed by atoms with E-state index in [1.807, 2.05) is 55.5 Å². The van der Waals surface area contributed by atoms with E-state index in [9.17, 15) is 19.5 Å². The molecule has 4 rings (SSSR count). The molecule has 34 heavy (non-hydrogen) atoms. The maximum atomic E-state index is 13.1. The van der Waals surface area contributed by atoms with Gasteiger partial charge in [-0.05, 0) is 28.3 Å². The molecule has 0 unspecified atom stereocenters. The number of nitrogens with one attached hydrogen (secondary N) is 1. The highest BCUT2D eigenvalue weighted by molar-refractivity contribution is 5.93. The number of carbonyl (C=O) groups excluding carboxylic acids is 1. The Hall–Kier alpha value is -4.34. The van der Waals surface area contributed by atoms with Crippen molar-refractivity contribution in [3.05, 3.63) is 76.0 Å². The van der Waals surface area contributed by atoms with Crippen molar-refractivity contribution in [1.82, 2.24) is 29.8 Å². The van der Waals surface area contributed by atoms with Gasteiger partial charge in [0.05, 0.1) is 12.2 Å². The van der Waals surface area contributed by atoms with Gasteiger partial charge in [-0.3, -0.25) is 9.36 Å². The van der Waals surface area contributed by atoms with Crippen molar-refractivity contribution in [2.45, 2.75) is 39.7 Å². The van der Waals surface area contributed by atoms with Crippen LogP contribution in [0.1, 0.15) is 53.2 Å². The molecule has 4 aromatic rings. The molecule has 2 aromatic heterocycles. The first-order valence-electron chi connectivity index (χ1n) is 11.0. The summed E-state index contributed by atoms with van der Waals surface area (Å²) in [5, 5.41) is 24.0. The number of carboxylic acids is 1. The SMILES string of the molecule is CCCc1c(C(=O)O)n(C(=O)CC)c(=O)n1Cc1ccc(-c2ccccc2-c2nn[nH]n2)cc1. The van der Waals surface area contributed by atoms with Gasteiger partial charge in [-0.15, -0.1) is 10.2 Å². The summed E-state index contributed by atoms with van der Waals surface area (Å²) in [6.45, 7) is 3.66. The molecular weight excluding hydrogens is 436 g/mol. The summed E-state index contributed by atoms with van der Waals surface area (Å²) >= 11 is 0. The van der Waals surface area contributed by atoms with Crippen LogP contribution in [-0.2, 0) is 13.0 Å². The molecule has 0 atom stereocenters. The molecule has 0 fully saturated rings. The van der Waals surface area contributed by atoms with Crippen molar-refractivity contribution in [2.75, 3.05) is 0 Å². The van der Waals surface area contributed by atoms with Crippen molar-refractivity contribution in [1.29, 1.82) is 0 Å². The van der Waals surface area contributed by atoms with Crippen LogP contribution in [0.2, 0.25) is 0 Å². The lowest BCUT2D eigenvalue weighted by Crippen LogP contribution is -2.30. The molecule has 0 aliphatic heterocycles. The first-order valence-corrected chi connectivity index (χ1v) is 11.0. The van der Waals surface area contributed by atoms with Gasteiger partial charge in [0, 0.05) is 12.0 Å². The zero-order valence-electron chi connectivity index (χ0n) is 18.9. The van der Waals surface area contributed by atoms with Crippen LogP contribution in [0, 0.1) is 0 Å². The molecule has 174 valence electrons. The fraction of sp³-hybridized carbons (Fsp3) is 0.250. The van der Waals surface area contributed by atoms with E-state index >= 15 is 0 Å². The fourth-order valence-electron chi connectivity index (χ4n) is 4.03. The van der Waals surface area contributed by atoms with Crippen molar-refractivity contribution < 1.29 is 14.7 Å². The zero-order valence-corrected chi connectivity index (χ0v) is 18.9. The summed E-state index contributed by atoms with van der Waals surface area (Å²) in [6, 6.07) is 15.3. The Balaban J connectivity index is 1.72. The normalized spacial score (nSPS) is 11.0. The lowest BCUT2D eigenvalue weighted by molar-refractivity contribution is 0.0670. The number of nitrogens with zero attached hydrogens (tertiary/aromatic N) is 5. The van der Waals surface area contributed by atoms with Crippen LogP contribution in [0.3, 0.4) is 0 Å². The Morgan fingerprint density at radius 1 is 1.03 bits per heavy atom. The van der Waals surface area contributed by atoms with E-state index in [1.54, 1.807) is 6.92 Å². The molecule has 0 bridgehead atoms. The standard InChI is InChI=1S/C24H24N6O4/c1-3-7-19-21(23(32)33)30(20(31)4-2)24(34)29(19)14-15-10-12-16(13-11-15)17-8-5-6-9-18(17)22-25-27-28-26-22/h5-6,8-13H,3-4,7,14H2,1-2H3,(H,32,33)(H,25,26,27,28). The highest BCUT2D eigenvalue weighted by Gasteiger charge is 2.27. The van der Waals surface area contributed by atoms with E-state index in [0.29, 0.717) is 24.4 Å². The zero-order chi connectivity index (χ0) is 24.2. The van der Waals surface area contributed by atoms with Gasteiger partial charge in [0.25, 0.3) is 0 Å². The van der Waals surface area contributed by atoms with E-state index in [0.717, 1.165) is 26.8 Å². The molecule has 0 amide bonds. The summed E-state index contributed by atoms with van der Waals surface area (Å²) < 4.78 is 2.19. The fourth-order valence-corrected chi connectivity index (χ4v) is 4.03. The summed E-state index contributed by atoms with van der Waals surface area (Å²) in [7, 11) is 0. The summed E-state index contributed by atoms with van der Waals surface area (Å²) in [4.78, 5) is 37.4. The number of imidazole rings is 1. The minimum absolute atomic E-state index is 0.0320. The van der Waals surface area contributed by atoms with Gasteiger partial charge in [0.15, 0.2) is 5.69 Å². The Labute approximate surface area is 194 Å². The van der Waals surface area contributed by atoms with Gasteiger partial charge >= 0.3 is 11.7 Å². The number of tetrazole rings is 1. The van der Waals surface area contributed by atoms with Crippen LogP contribution < -0.4 is 5.69 Å². The van der Waals surface area contributed by atoms with Crippen molar-refractivity contribution >= 4 is 11.9 Å². The molecule has 2 N–H and O–H groups in total. The van der Waals surface area contributed by atoms with Gasteiger partial charge in [-0.2, -0.15) is 5.21 Å². The number of benzene rings is 2. The number of carboxylic acid groups (broad SMARTS) is 1. The smallest absolute Gasteiger partial charge is 0.354 e. The van der Waals surface area contributed by atoms with Gasteiger partial charge in [-0.1, -0.05) is 68.8 Å². The van der Waals surface area contributed by atoms with Gasteiger partial charge < -0.3 is 5.11 Å². The number of aromatic amines is 1. The topological polar surface area (TPSA) is 136 Å². The third-order valence-corrected chi connectivity index (χ3v) is 5.61. The average Bonchev–Trinajstić information content (AvgIpc) is 3.47. The Morgan fingerprint density at radius 3 is 2.32 bits per heavy atom. The van der Waals surface area contributed by atoms with Crippen LogP contribution in [0.4, 0.5) is 0 Å². The first kappa shape index (κ1) is 22.8. The predicted molar refractivity (Wildman–Crippen MR) is 125 cm³/mol. The number of hydrogen-bond acceptors (Lipinski definition) is 6. The first-order chi connectivity index (χ1) is 16.5. The monoisotopic (exact) mass is 460 g/mol. The Bertz CT molecular complexity index is 1380. The second kappa shape index (κ2) is 9.65. The van der Waals surface area contributed by atoms with E-state index in [2.05, 4.69) is 20.6 Å². The van der Waals surface area contributed by atoms with E-state index < -0.39 is 17.6 Å². The number of aromatic nitrogens is 6. The highest BCUT2D eigenvalue weighted by atomic mass is 16.4. The lowest BCUT2D eigenvalue weighted by Gasteiger charge is -2.10. The molecule has 2 heterocycles. The van der Waals surface area contributed by atoms with Crippen LogP contribution >= 0.6 is 0 Å². The minimum atomic E-state index is -1.28. The molecule has 2 aromatic carbocycles. The van der Waals surface area contributed by atoms with Crippen molar-refractivity contribution in [2.24, 2.45) is 0 Å². The number of aromatic carboxylic acids is 1. The van der Waals surface area contributed by atoms with Crippen LogP contribution in [0.25, 0.3) is 22.5 Å². The predicted octanol–water partition coefficient (Wildman–Crippen LogP) is 3.25. The molecule has 0 aliphatic rings. The minimum Gasteiger partial charge on any atom is -0.477 e. The molecule has 10 nitrogen and oxygen atoms in total. The maximum Gasteiger partial charge on any atom is 0.354 e. The van der Waals surface area contributed by atoms with Crippen LogP contribution in [0.5, 0.6) is 0 Å². The van der Waals surface area contributed by atoms with Crippen LogP contribution in [0.15, 0.2) is 53.3 Å². The largest absolute Gasteiger partial charge is 0.477 e. The average molecular weight is 460 g/mol. The molecule has 0 saturated carbocycles. The highest BCUT2D eigenvalue weighted by Crippen LogP contribution is 2.29. The van der Waals surface area contributed by atoms with E-state index in [4.69, 9.17) is 0 Å². The number of rotatable bonds is 8. The third-order valence-electron chi connectivity index (χ3n) is 5.61. The summed E-state index contributed by atoms with van der Waals surface area (Å²) in [5.74, 6) is -1.33. The van der Waals surface area contributed by atoms with Crippen molar-refractivity contribution in [3.8, 4) is 22.5 Å². The third kappa shape index (κ3) is 4.17. The molecule has 0 radical (unpaired) electrons. The molecule has 0 spiro atoms. The number of hydrogen-bond donors (Lipinski definition) is 2. The van der Waals surface area contributed by atoms with E-state index in [-0.39, 0.29) is 18.7 Å². The number of carbonyl (C=O) groups is 2. The number of H-pyrrole nitrogens is 1. The second-order valence-electron chi connectivity index (χ2n) is 7.78. The molecule has 10 heteroatoms. The Morgan fingerprint density at radius 2 is 1.74 bits per heavy atom. The van der Waals surface area contributed by atoms with E-state index in [1.165, 1.54) is 4.57 Å². The maximum absolute atomic E-state index is 13.1. The van der Waals surface area contributed by atoms with Crippen molar-refractivity contribution in [3.63, 3.8) is 0 Å². The van der Waals surface area contributed by atoms with Crippen LogP contribution in [-0.4, -0.2) is 46.7 Å². The molecular formula is C24H24N6O4.